The summed E-state index contributed by atoms with van der Waals surface area (Å²) >= 11 is 3.36. The maximum absolute atomic E-state index is 13.1. The number of amides is 3. The van der Waals surface area contributed by atoms with E-state index >= 15 is 0 Å². The number of ether oxygens (including phenoxy) is 2. The van der Waals surface area contributed by atoms with Crippen molar-refractivity contribution < 1.29 is 23.9 Å². The lowest BCUT2D eigenvalue weighted by atomic mass is 10.1. The van der Waals surface area contributed by atoms with Crippen LogP contribution >= 0.6 is 15.9 Å². The van der Waals surface area contributed by atoms with Gasteiger partial charge in [0.2, 0.25) is 5.91 Å². The Balaban J connectivity index is 1.52. The van der Waals surface area contributed by atoms with Gasteiger partial charge in [-0.25, -0.2) is 4.90 Å². The normalized spacial score (nSPS) is 19.6. The molecule has 31 heavy (non-hydrogen) atoms. The molecule has 0 unspecified atom stereocenters. The lowest BCUT2D eigenvalue weighted by Crippen LogP contribution is -2.43. The van der Waals surface area contributed by atoms with E-state index in [2.05, 4.69) is 31.6 Å². The molecule has 2 atom stereocenters. The third-order valence-corrected chi connectivity index (χ3v) is 5.63. The first-order valence-electron chi connectivity index (χ1n) is 9.26. The molecule has 2 aliphatic heterocycles. The number of carbonyl (C=O) groups is 3. The highest BCUT2D eigenvalue weighted by atomic mass is 79.9. The fourth-order valence-electron chi connectivity index (χ4n) is 3.47. The van der Waals surface area contributed by atoms with Crippen LogP contribution in [0.5, 0.6) is 11.5 Å². The standard InChI is InChI=1S/C20H18BrN5O5/c1-30-14-8-7-11(9-15(14)31-2)26-19(28)17-18(20(26)29)25(24-23-17)10-16(27)22-13-6-4-3-5-12(13)21/h3-9,17-18H,10H2,1-2H3,(H,22,27)/t17-,18-/m1/s1. The second-order valence-corrected chi connectivity index (χ2v) is 7.63. The minimum absolute atomic E-state index is 0.231. The number of anilines is 2. The number of halogens is 1. The molecule has 0 bridgehead atoms. The van der Waals surface area contributed by atoms with E-state index in [-0.39, 0.29) is 6.54 Å². The van der Waals surface area contributed by atoms with E-state index in [1.807, 2.05) is 6.07 Å². The Hall–Kier alpha value is -3.47. The second-order valence-electron chi connectivity index (χ2n) is 6.77. The van der Waals surface area contributed by atoms with Crippen molar-refractivity contribution in [3.8, 4) is 11.5 Å². The quantitative estimate of drug-likeness (QED) is 0.625. The minimum atomic E-state index is -1.00. The van der Waals surface area contributed by atoms with Gasteiger partial charge in [-0.3, -0.25) is 19.4 Å². The molecule has 2 aromatic carbocycles. The molecule has 1 fully saturated rings. The maximum Gasteiger partial charge on any atom is 0.263 e. The molecule has 1 N–H and O–H groups in total. The van der Waals surface area contributed by atoms with Gasteiger partial charge in [-0.15, -0.1) is 0 Å². The fourth-order valence-corrected chi connectivity index (χ4v) is 3.86. The summed E-state index contributed by atoms with van der Waals surface area (Å²) in [5.74, 6) is -0.573. The van der Waals surface area contributed by atoms with Crippen molar-refractivity contribution in [1.82, 2.24) is 5.01 Å². The smallest absolute Gasteiger partial charge is 0.263 e. The molecule has 2 aromatic rings. The molecule has 4 rings (SSSR count). The fraction of sp³-hybridized carbons (Fsp3) is 0.250. The van der Waals surface area contributed by atoms with E-state index in [9.17, 15) is 14.4 Å². The number of hydrogen-bond donors (Lipinski definition) is 1. The number of methoxy groups -OCH3 is 2. The number of fused-ring (bicyclic) bond motifs is 1. The molecule has 2 heterocycles. The number of para-hydroxylation sites is 1. The molecule has 0 spiro atoms. The average molecular weight is 488 g/mol. The molecular formula is C20H18BrN5O5. The first-order valence-corrected chi connectivity index (χ1v) is 10.1. The van der Waals surface area contributed by atoms with Gasteiger partial charge >= 0.3 is 0 Å². The van der Waals surface area contributed by atoms with Crippen LogP contribution in [0, 0.1) is 0 Å². The Kier molecular flexibility index (Phi) is 5.59. The number of rotatable bonds is 6. The number of benzene rings is 2. The van der Waals surface area contributed by atoms with Gasteiger partial charge in [0, 0.05) is 10.5 Å². The third-order valence-electron chi connectivity index (χ3n) is 4.94. The topological polar surface area (TPSA) is 113 Å². The Morgan fingerprint density at radius 2 is 1.84 bits per heavy atom. The molecule has 2 aliphatic rings. The first-order chi connectivity index (χ1) is 14.9. The van der Waals surface area contributed by atoms with Crippen LogP contribution in [0.3, 0.4) is 0 Å². The molecule has 3 amide bonds. The van der Waals surface area contributed by atoms with Crippen LogP contribution in [-0.2, 0) is 14.4 Å². The maximum atomic E-state index is 13.1. The van der Waals surface area contributed by atoms with Crippen molar-refractivity contribution in [1.29, 1.82) is 0 Å². The van der Waals surface area contributed by atoms with Crippen molar-refractivity contribution in [2.75, 3.05) is 31.0 Å². The van der Waals surface area contributed by atoms with Gasteiger partial charge in [0.05, 0.1) is 25.6 Å². The van der Waals surface area contributed by atoms with E-state index in [1.54, 1.807) is 30.3 Å². The molecule has 0 aromatic heterocycles. The van der Waals surface area contributed by atoms with E-state index in [0.29, 0.717) is 22.9 Å². The van der Waals surface area contributed by atoms with E-state index in [1.165, 1.54) is 25.3 Å². The highest BCUT2D eigenvalue weighted by molar-refractivity contribution is 9.10. The van der Waals surface area contributed by atoms with Crippen molar-refractivity contribution in [2.45, 2.75) is 12.1 Å². The van der Waals surface area contributed by atoms with Crippen molar-refractivity contribution in [3.05, 3.63) is 46.9 Å². The van der Waals surface area contributed by atoms with E-state index < -0.39 is 29.8 Å². The minimum Gasteiger partial charge on any atom is -0.493 e. The molecule has 0 radical (unpaired) electrons. The zero-order chi connectivity index (χ0) is 22.1. The van der Waals surface area contributed by atoms with E-state index in [4.69, 9.17) is 9.47 Å². The van der Waals surface area contributed by atoms with Gasteiger partial charge in [-0.2, -0.15) is 5.11 Å². The Bertz CT molecular complexity index is 1090. The summed E-state index contributed by atoms with van der Waals surface area (Å²) in [6, 6.07) is 9.88. The summed E-state index contributed by atoms with van der Waals surface area (Å²) < 4.78 is 11.2. The summed E-state index contributed by atoms with van der Waals surface area (Å²) in [4.78, 5) is 39.5. The molecule has 160 valence electrons. The molecule has 0 aliphatic carbocycles. The molecular weight excluding hydrogens is 470 g/mol. The number of imide groups is 1. The lowest BCUT2D eigenvalue weighted by Gasteiger charge is -2.21. The van der Waals surface area contributed by atoms with Crippen LogP contribution in [0.15, 0.2) is 57.3 Å². The number of nitrogens with zero attached hydrogens (tertiary/aromatic N) is 4. The molecule has 1 saturated heterocycles. The highest BCUT2D eigenvalue weighted by Gasteiger charge is 2.55. The number of nitrogens with one attached hydrogen (secondary N) is 1. The summed E-state index contributed by atoms with van der Waals surface area (Å²) in [5.41, 5.74) is 0.913. The predicted molar refractivity (Wildman–Crippen MR) is 114 cm³/mol. The van der Waals surface area contributed by atoms with Gasteiger partial charge in [0.25, 0.3) is 11.8 Å². The highest BCUT2D eigenvalue weighted by Crippen LogP contribution is 2.36. The van der Waals surface area contributed by atoms with Crippen molar-refractivity contribution in [3.63, 3.8) is 0 Å². The summed E-state index contributed by atoms with van der Waals surface area (Å²) in [7, 11) is 2.95. The number of carbonyl (C=O) groups excluding carboxylic acids is 3. The van der Waals surface area contributed by atoms with Gasteiger partial charge in [-0.05, 0) is 40.2 Å². The Labute approximate surface area is 185 Å². The SMILES string of the molecule is COc1ccc(N2C(=O)[C@@H]3N=NN(CC(=O)Nc4ccccc4Br)[C@H]3C2=O)cc1OC. The zero-order valence-electron chi connectivity index (χ0n) is 16.6. The molecule has 10 nitrogen and oxygen atoms in total. The van der Waals surface area contributed by atoms with Crippen LogP contribution in [0.2, 0.25) is 0 Å². The van der Waals surface area contributed by atoms with Crippen LogP contribution in [0.4, 0.5) is 11.4 Å². The Morgan fingerprint density at radius 1 is 1.10 bits per heavy atom. The number of hydrogen-bond acceptors (Lipinski definition) is 8. The Morgan fingerprint density at radius 3 is 2.55 bits per heavy atom. The van der Waals surface area contributed by atoms with Crippen LogP contribution in [0.1, 0.15) is 0 Å². The monoisotopic (exact) mass is 487 g/mol. The van der Waals surface area contributed by atoms with Gasteiger partial charge in [-0.1, -0.05) is 17.4 Å². The zero-order valence-corrected chi connectivity index (χ0v) is 18.2. The van der Waals surface area contributed by atoms with Crippen molar-refractivity contribution >= 4 is 45.0 Å². The lowest BCUT2D eigenvalue weighted by molar-refractivity contribution is -0.123. The summed E-state index contributed by atoms with van der Waals surface area (Å²) in [5, 5.41) is 11.8. The average Bonchev–Trinajstić information content (AvgIpc) is 3.28. The van der Waals surface area contributed by atoms with Gasteiger partial charge in [0.1, 0.15) is 6.54 Å². The van der Waals surface area contributed by atoms with Crippen molar-refractivity contribution in [2.24, 2.45) is 10.3 Å². The molecule has 0 saturated carbocycles. The van der Waals surface area contributed by atoms with E-state index in [0.717, 1.165) is 9.37 Å². The van der Waals surface area contributed by atoms with Crippen LogP contribution in [0.25, 0.3) is 0 Å². The largest absolute Gasteiger partial charge is 0.493 e. The van der Waals surface area contributed by atoms with Gasteiger partial charge < -0.3 is 14.8 Å². The van der Waals surface area contributed by atoms with Crippen LogP contribution in [-0.4, -0.2) is 55.6 Å². The summed E-state index contributed by atoms with van der Waals surface area (Å²) in [6.45, 7) is -0.231. The molecule has 11 heteroatoms. The second kappa shape index (κ2) is 8.34. The first kappa shape index (κ1) is 20.8. The van der Waals surface area contributed by atoms with Crippen LogP contribution < -0.4 is 19.7 Å². The third kappa shape index (κ3) is 3.72. The predicted octanol–water partition coefficient (Wildman–Crippen LogP) is 2.40. The summed E-state index contributed by atoms with van der Waals surface area (Å²) in [6.07, 6.45) is 0. The van der Waals surface area contributed by atoms with Gasteiger partial charge in [0.15, 0.2) is 23.6 Å².